The normalized spacial score (nSPS) is 10.5. The van der Waals surface area contributed by atoms with E-state index in [1.807, 2.05) is 0 Å². The summed E-state index contributed by atoms with van der Waals surface area (Å²) in [5.41, 5.74) is -1.59. The summed E-state index contributed by atoms with van der Waals surface area (Å²) in [4.78, 5) is 35.0. The molecule has 2 aromatic rings. The largest absolute Gasteiger partial charge is 0.480 e. The van der Waals surface area contributed by atoms with Crippen LogP contribution in [0.2, 0.25) is 0 Å². The molecule has 6 nitrogen and oxygen atoms in total. The molecule has 2 rings (SSSR count). The van der Waals surface area contributed by atoms with Gasteiger partial charge in [-0.25, -0.2) is 9.18 Å². The van der Waals surface area contributed by atoms with Gasteiger partial charge < -0.3 is 14.4 Å². The summed E-state index contributed by atoms with van der Waals surface area (Å²) < 4.78 is 18.2. The summed E-state index contributed by atoms with van der Waals surface area (Å²) in [5.74, 6) is -2.72. The maximum absolute atomic E-state index is 13.4. The third-order valence-corrected chi connectivity index (χ3v) is 2.66. The second kappa shape index (κ2) is 5.12. The summed E-state index contributed by atoms with van der Waals surface area (Å²) in [6.07, 6.45) is 0. The van der Waals surface area contributed by atoms with Gasteiger partial charge >= 0.3 is 11.6 Å². The minimum absolute atomic E-state index is 0.241. The molecular weight excluding hydrogens is 269 g/mol. The SMILES string of the molecule is CN(CC(=O)O)C(=O)c1cc2cccc(F)c2oc1=O. The van der Waals surface area contributed by atoms with Gasteiger partial charge in [-0.3, -0.25) is 9.59 Å². The Balaban J connectivity index is 2.50. The van der Waals surface area contributed by atoms with Crippen molar-refractivity contribution in [3.05, 3.63) is 46.1 Å². The van der Waals surface area contributed by atoms with Gasteiger partial charge in [-0.2, -0.15) is 0 Å². The van der Waals surface area contributed by atoms with Gasteiger partial charge in [0.2, 0.25) is 0 Å². The molecule has 0 spiro atoms. The van der Waals surface area contributed by atoms with Crippen LogP contribution < -0.4 is 5.63 Å². The highest BCUT2D eigenvalue weighted by Crippen LogP contribution is 2.17. The molecular formula is C13H10FNO5. The molecule has 0 radical (unpaired) electrons. The van der Waals surface area contributed by atoms with Crippen LogP contribution >= 0.6 is 0 Å². The highest BCUT2D eigenvalue weighted by atomic mass is 19.1. The lowest BCUT2D eigenvalue weighted by molar-refractivity contribution is -0.137. The van der Waals surface area contributed by atoms with Gasteiger partial charge in [0.05, 0.1) is 0 Å². The van der Waals surface area contributed by atoms with Crippen LogP contribution in [0.4, 0.5) is 4.39 Å². The van der Waals surface area contributed by atoms with E-state index < -0.39 is 29.9 Å². The number of para-hydroxylation sites is 1. The molecule has 0 fully saturated rings. The zero-order chi connectivity index (χ0) is 14.9. The Morgan fingerprint density at radius 2 is 2.10 bits per heavy atom. The van der Waals surface area contributed by atoms with E-state index >= 15 is 0 Å². The minimum Gasteiger partial charge on any atom is -0.480 e. The van der Waals surface area contributed by atoms with E-state index in [-0.39, 0.29) is 16.5 Å². The van der Waals surface area contributed by atoms with Crippen LogP contribution in [0.5, 0.6) is 0 Å². The number of amides is 1. The molecule has 0 atom stereocenters. The number of carbonyl (C=O) groups is 2. The van der Waals surface area contributed by atoms with Crippen molar-refractivity contribution in [2.75, 3.05) is 13.6 Å². The lowest BCUT2D eigenvalue weighted by atomic mass is 10.1. The van der Waals surface area contributed by atoms with Crippen molar-refractivity contribution in [3.8, 4) is 0 Å². The fourth-order valence-corrected chi connectivity index (χ4v) is 1.74. The first-order chi connectivity index (χ1) is 9.40. The summed E-state index contributed by atoms with van der Waals surface area (Å²) in [5, 5.41) is 8.86. The van der Waals surface area contributed by atoms with Crippen molar-refractivity contribution in [2.24, 2.45) is 0 Å². The number of carbonyl (C=O) groups excluding carboxylic acids is 1. The number of carboxylic acid groups (broad SMARTS) is 1. The molecule has 1 amide bonds. The van der Waals surface area contributed by atoms with Crippen molar-refractivity contribution in [1.29, 1.82) is 0 Å². The van der Waals surface area contributed by atoms with E-state index in [2.05, 4.69) is 0 Å². The van der Waals surface area contributed by atoms with E-state index in [4.69, 9.17) is 9.52 Å². The Hall–Kier alpha value is -2.70. The number of halogens is 1. The first-order valence-electron chi connectivity index (χ1n) is 5.60. The molecule has 0 aliphatic heterocycles. The molecule has 0 saturated heterocycles. The zero-order valence-corrected chi connectivity index (χ0v) is 10.4. The molecule has 7 heteroatoms. The van der Waals surface area contributed by atoms with Crippen molar-refractivity contribution in [3.63, 3.8) is 0 Å². The summed E-state index contributed by atoms with van der Waals surface area (Å²) in [6.45, 7) is -0.556. The Morgan fingerprint density at radius 3 is 2.75 bits per heavy atom. The first-order valence-corrected chi connectivity index (χ1v) is 5.60. The highest BCUT2D eigenvalue weighted by molar-refractivity contribution is 5.97. The predicted molar refractivity (Wildman–Crippen MR) is 67.0 cm³/mol. The maximum atomic E-state index is 13.4. The molecule has 1 N–H and O–H groups in total. The number of fused-ring (bicyclic) bond motifs is 1. The fraction of sp³-hybridized carbons (Fsp3) is 0.154. The predicted octanol–water partition coefficient (Wildman–Crippen LogP) is 1.09. The van der Waals surface area contributed by atoms with Crippen molar-refractivity contribution >= 4 is 22.8 Å². The second-order valence-corrected chi connectivity index (χ2v) is 4.16. The zero-order valence-electron chi connectivity index (χ0n) is 10.4. The minimum atomic E-state index is -1.21. The number of aliphatic carboxylic acids is 1. The van der Waals surface area contributed by atoms with Gasteiger partial charge in [-0.1, -0.05) is 12.1 Å². The number of benzene rings is 1. The van der Waals surface area contributed by atoms with Crippen LogP contribution in [0.25, 0.3) is 11.0 Å². The van der Waals surface area contributed by atoms with Crippen LogP contribution in [-0.2, 0) is 4.79 Å². The Morgan fingerprint density at radius 1 is 1.40 bits per heavy atom. The Kier molecular flexibility index (Phi) is 3.51. The van der Waals surface area contributed by atoms with Crippen LogP contribution in [0.3, 0.4) is 0 Å². The third-order valence-electron chi connectivity index (χ3n) is 2.66. The molecule has 0 saturated carbocycles. The molecule has 0 aliphatic carbocycles. The van der Waals surface area contributed by atoms with Gasteiger partial charge in [-0.05, 0) is 12.1 Å². The topological polar surface area (TPSA) is 87.8 Å². The first kappa shape index (κ1) is 13.7. The average molecular weight is 279 g/mol. The van der Waals surface area contributed by atoms with Gasteiger partial charge in [0, 0.05) is 12.4 Å². The molecule has 1 aromatic carbocycles. The number of hydrogen-bond acceptors (Lipinski definition) is 4. The van der Waals surface area contributed by atoms with Crippen molar-refractivity contribution in [2.45, 2.75) is 0 Å². The lowest BCUT2D eigenvalue weighted by Gasteiger charge is -2.13. The molecule has 20 heavy (non-hydrogen) atoms. The molecule has 0 bridgehead atoms. The maximum Gasteiger partial charge on any atom is 0.349 e. The standard InChI is InChI=1S/C13H10FNO5/c1-15(6-10(16)17)12(18)8-5-7-3-2-4-9(14)11(7)20-13(8)19/h2-5H,6H2,1H3,(H,16,17). The molecule has 1 aromatic heterocycles. The monoisotopic (exact) mass is 279 g/mol. The van der Waals surface area contributed by atoms with Gasteiger partial charge in [0.1, 0.15) is 12.1 Å². The fourth-order valence-electron chi connectivity index (χ4n) is 1.74. The Labute approximate surface area is 112 Å². The van der Waals surface area contributed by atoms with Gasteiger partial charge in [0.15, 0.2) is 11.4 Å². The smallest absolute Gasteiger partial charge is 0.349 e. The number of rotatable bonds is 3. The van der Waals surface area contributed by atoms with Gasteiger partial charge in [-0.15, -0.1) is 0 Å². The molecule has 104 valence electrons. The Bertz CT molecular complexity index is 752. The van der Waals surface area contributed by atoms with Gasteiger partial charge in [0.25, 0.3) is 5.91 Å². The molecule has 0 aliphatic rings. The number of carboxylic acids is 1. The molecule has 1 heterocycles. The summed E-state index contributed by atoms with van der Waals surface area (Å²) >= 11 is 0. The van der Waals surface area contributed by atoms with E-state index in [1.54, 1.807) is 0 Å². The quantitative estimate of drug-likeness (QED) is 0.850. The van der Waals surface area contributed by atoms with Crippen LogP contribution in [0.15, 0.2) is 33.5 Å². The summed E-state index contributed by atoms with van der Waals surface area (Å²) in [7, 11) is 1.24. The highest BCUT2D eigenvalue weighted by Gasteiger charge is 2.20. The second-order valence-electron chi connectivity index (χ2n) is 4.16. The van der Waals surface area contributed by atoms with Crippen LogP contribution in [0, 0.1) is 5.82 Å². The van der Waals surface area contributed by atoms with Crippen molar-refractivity contribution < 1.29 is 23.5 Å². The van der Waals surface area contributed by atoms with E-state index in [0.717, 1.165) is 11.0 Å². The van der Waals surface area contributed by atoms with Crippen LogP contribution in [-0.4, -0.2) is 35.5 Å². The molecule has 0 unspecified atom stereocenters. The van der Waals surface area contributed by atoms with Crippen LogP contribution in [0.1, 0.15) is 10.4 Å². The van der Waals surface area contributed by atoms with E-state index in [0.29, 0.717) is 0 Å². The number of nitrogens with zero attached hydrogens (tertiary/aromatic N) is 1. The number of hydrogen-bond donors (Lipinski definition) is 1. The number of likely N-dealkylation sites (N-methyl/N-ethyl adjacent to an activating group) is 1. The third kappa shape index (κ3) is 2.51. The van der Waals surface area contributed by atoms with E-state index in [1.165, 1.54) is 25.2 Å². The summed E-state index contributed by atoms with van der Waals surface area (Å²) in [6, 6.07) is 5.20. The average Bonchev–Trinajstić information content (AvgIpc) is 2.37. The van der Waals surface area contributed by atoms with Crippen molar-refractivity contribution in [1.82, 2.24) is 4.90 Å². The lowest BCUT2D eigenvalue weighted by Crippen LogP contribution is -2.34. The van der Waals surface area contributed by atoms with E-state index in [9.17, 15) is 18.8 Å².